The average molecular weight is 388 g/mol. The number of benzene rings is 1. The second-order valence-electron chi connectivity index (χ2n) is 5.88. The van der Waals surface area contributed by atoms with Crippen molar-refractivity contribution in [2.75, 3.05) is 25.0 Å². The van der Waals surface area contributed by atoms with E-state index in [1.807, 2.05) is 35.7 Å². The number of H-pyrrole nitrogens is 1. The van der Waals surface area contributed by atoms with Gasteiger partial charge in [0, 0.05) is 25.8 Å². The van der Waals surface area contributed by atoms with Crippen molar-refractivity contribution in [3.63, 3.8) is 0 Å². The predicted octanol–water partition coefficient (Wildman–Crippen LogP) is 3.31. The van der Waals surface area contributed by atoms with Crippen LogP contribution < -0.4 is 10.2 Å². The Labute approximate surface area is 161 Å². The first-order chi connectivity index (χ1) is 12.6. The van der Waals surface area contributed by atoms with Gasteiger partial charge >= 0.3 is 0 Å². The van der Waals surface area contributed by atoms with Crippen molar-refractivity contribution in [1.82, 2.24) is 20.1 Å². The number of aromatic amines is 1. The van der Waals surface area contributed by atoms with Crippen molar-refractivity contribution in [2.24, 2.45) is 0 Å². The van der Waals surface area contributed by atoms with E-state index in [0.717, 1.165) is 17.8 Å². The van der Waals surface area contributed by atoms with Crippen molar-refractivity contribution < 1.29 is 4.79 Å². The molecule has 0 fully saturated rings. The van der Waals surface area contributed by atoms with Gasteiger partial charge in [-0.05, 0) is 42.2 Å². The molecule has 1 aromatic carbocycles. The van der Waals surface area contributed by atoms with Crippen molar-refractivity contribution in [1.29, 1.82) is 0 Å². The molecule has 0 aliphatic rings. The Morgan fingerprint density at radius 1 is 1.31 bits per heavy atom. The van der Waals surface area contributed by atoms with Crippen molar-refractivity contribution in [3.8, 4) is 10.7 Å². The summed E-state index contributed by atoms with van der Waals surface area (Å²) in [5.74, 6) is 0.631. The van der Waals surface area contributed by atoms with E-state index < -0.39 is 0 Å². The lowest BCUT2D eigenvalue weighted by Gasteiger charge is -2.19. The number of para-hydroxylation sites is 1. The highest BCUT2D eigenvalue weighted by Crippen LogP contribution is 2.22. The number of hydrogen-bond donors (Lipinski definition) is 2. The lowest BCUT2D eigenvalue weighted by Crippen LogP contribution is -2.31. The summed E-state index contributed by atoms with van der Waals surface area (Å²) >= 11 is 6.82. The summed E-state index contributed by atoms with van der Waals surface area (Å²) in [5.41, 5.74) is 1.17. The van der Waals surface area contributed by atoms with Crippen LogP contribution in [0.5, 0.6) is 0 Å². The molecular weight excluding hydrogens is 366 g/mol. The third-order valence-electron chi connectivity index (χ3n) is 3.99. The molecule has 0 saturated carbocycles. The summed E-state index contributed by atoms with van der Waals surface area (Å²) in [6, 6.07) is 14.1. The lowest BCUT2D eigenvalue weighted by molar-refractivity contribution is -0.121. The molecule has 0 aliphatic carbocycles. The molecule has 0 aliphatic heterocycles. The quantitative estimate of drug-likeness (QED) is 0.460. The Kier molecular flexibility index (Phi) is 6.19. The Bertz CT molecular complexity index is 886. The van der Waals surface area contributed by atoms with Gasteiger partial charge in [0.05, 0.1) is 4.88 Å². The fraction of sp³-hybridized carbons (Fsp3) is 0.278. The van der Waals surface area contributed by atoms with Crippen molar-refractivity contribution in [3.05, 3.63) is 52.6 Å². The third kappa shape index (κ3) is 4.59. The zero-order valence-electron chi connectivity index (χ0n) is 14.5. The molecule has 2 N–H and O–H groups in total. The Morgan fingerprint density at radius 3 is 2.85 bits per heavy atom. The third-order valence-corrected chi connectivity index (χ3v) is 5.17. The van der Waals surface area contributed by atoms with Gasteiger partial charge in [-0.2, -0.15) is 5.10 Å². The maximum Gasteiger partial charge on any atom is 0.240 e. The fourth-order valence-corrected chi connectivity index (χ4v) is 3.53. The summed E-state index contributed by atoms with van der Waals surface area (Å²) in [7, 11) is 2.05. The molecule has 0 atom stereocenters. The minimum Gasteiger partial charge on any atom is -0.375 e. The Morgan fingerprint density at radius 2 is 2.12 bits per heavy atom. The van der Waals surface area contributed by atoms with Crippen LogP contribution in [0.3, 0.4) is 0 Å². The van der Waals surface area contributed by atoms with Gasteiger partial charge in [0.2, 0.25) is 5.91 Å². The normalized spacial score (nSPS) is 10.7. The van der Waals surface area contributed by atoms with Gasteiger partial charge in [-0.3, -0.25) is 14.5 Å². The van der Waals surface area contributed by atoms with E-state index in [1.165, 1.54) is 5.69 Å². The number of carbonyl (C=O) groups excluding carboxylic acids is 1. The lowest BCUT2D eigenvalue weighted by atomic mass is 10.3. The minimum atomic E-state index is -0.0670. The molecule has 0 bridgehead atoms. The van der Waals surface area contributed by atoms with Gasteiger partial charge in [-0.1, -0.05) is 24.3 Å². The van der Waals surface area contributed by atoms with Crippen molar-refractivity contribution in [2.45, 2.75) is 13.0 Å². The molecule has 0 radical (unpaired) electrons. The van der Waals surface area contributed by atoms with Gasteiger partial charge in [-0.25, -0.2) is 0 Å². The Hall–Kier alpha value is -2.45. The van der Waals surface area contributed by atoms with Crippen LogP contribution >= 0.6 is 23.6 Å². The molecule has 26 heavy (non-hydrogen) atoms. The summed E-state index contributed by atoms with van der Waals surface area (Å²) < 4.78 is 2.18. The van der Waals surface area contributed by atoms with Gasteiger partial charge in [0.15, 0.2) is 10.6 Å². The first kappa shape index (κ1) is 18.3. The van der Waals surface area contributed by atoms with Crippen LogP contribution in [0, 0.1) is 4.77 Å². The number of nitrogens with zero attached hydrogens (tertiary/aromatic N) is 3. The Balaban J connectivity index is 1.48. The highest BCUT2D eigenvalue weighted by Gasteiger charge is 2.12. The van der Waals surface area contributed by atoms with Gasteiger partial charge in [0.1, 0.15) is 6.54 Å². The van der Waals surface area contributed by atoms with Gasteiger partial charge in [-0.15, -0.1) is 11.3 Å². The largest absolute Gasteiger partial charge is 0.375 e. The summed E-state index contributed by atoms with van der Waals surface area (Å²) in [4.78, 5) is 15.4. The standard InChI is InChI=1S/C18H21N5OS2/c1-22(14-7-3-2-4-8-14)11-6-10-19-16(24)13-23-17(20-21-18(23)25)15-9-5-12-26-15/h2-5,7-9,12H,6,10-11,13H2,1H3,(H,19,24)(H,21,25). The number of anilines is 1. The highest BCUT2D eigenvalue weighted by atomic mass is 32.1. The van der Waals surface area contributed by atoms with E-state index in [0.29, 0.717) is 17.1 Å². The SMILES string of the molecule is CN(CCCNC(=O)Cn1c(-c2cccs2)n[nH]c1=S)c1ccccc1. The van der Waals surface area contributed by atoms with E-state index in [2.05, 4.69) is 39.6 Å². The highest BCUT2D eigenvalue weighted by molar-refractivity contribution is 7.71. The van der Waals surface area contributed by atoms with E-state index >= 15 is 0 Å². The van der Waals surface area contributed by atoms with E-state index in [-0.39, 0.29) is 12.5 Å². The zero-order chi connectivity index (χ0) is 18.4. The molecule has 6 nitrogen and oxygen atoms in total. The summed E-state index contributed by atoms with van der Waals surface area (Å²) in [5, 5.41) is 11.9. The van der Waals surface area contributed by atoms with E-state index in [1.54, 1.807) is 15.9 Å². The molecule has 1 amide bonds. The minimum absolute atomic E-state index is 0.0670. The number of carbonyl (C=O) groups is 1. The van der Waals surface area contributed by atoms with Crippen LogP contribution in [0.25, 0.3) is 10.7 Å². The molecule has 0 saturated heterocycles. The number of nitrogens with one attached hydrogen (secondary N) is 2. The predicted molar refractivity (Wildman–Crippen MR) is 108 cm³/mol. The van der Waals surface area contributed by atoms with E-state index in [4.69, 9.17) is 12.2 Å². The second kappa shape index (κ2) is 8.77. The average Bonchev–Trinajstić information content (AvgIpc) is 3.30. The molecule has 2 aromatic heterocycles. The summed E-state index contributed by atoms with van der Waals surface area (Å²) in [6.45, 7) is 1.66. The van der Waals surface area contributed by atoms with Crippen LogP contribution in [0.4, 0.5) is 5.69 Å². The molecule has 0 spiro atoms. The molecule has 0 unspecified atom stereocenters. The number of aromatic nitrogens is 3. The molecular formula is C18H21N5OS2. The second-order valence-corrected chi connectivity index (χ2v) is 7.21. The maximum atomic E-state index is 12.3. The first-order valence-corrected chi connectivity index (χ1v) is 9.66. The molecule has 2 heterocycles. The zero-order valence-corrected chi connectivity index (χ0v) is 16.1. The number of amides is 1. The maximum absolute atomic E-state index is 12.3. The summed E-state index contributed by atoms with van der Waals surface area (Å²) in [6.07, 6.45) is 0.867. The van der Waals surface area contributed by atoms with Gasteiger partial charge < -0.3 is 10.2 Å². The number of thiophene rings is 1. The fourth-order valence-electron chi connectivity index (χ4n) is 2.61. The van der Waals surface area contributed by atoms with Gasteiger partial charge in [0.25, 0.3) is 0 Å². The van der Waals surface area contributed by atoms with Crippen molar-refractivity contribution >= 4 is 35.1 Å². The smallest absolute Gasteiger partial charge is 0.240 e. The molecule has 3 rings (SSSR count). The van der Waals surface area contributed by atoms with Crippen LogP contribution in [0.15, 0.2) is 47.8 Å². The number of rotatable bonds is 8. The molecule has 136 valence electrons. The first-order valence-electron chi connectivity index (χ1n) is 8.37. The number of hydrogen-bond acceptors (Lipinski definition) is 5. The molecule has 3 aromatic rings. The van der Waals surface area contributed by atoms with Crippen LogP contribution in [-0.2, 0) is 11.3 Å². The van der Waals surface area contributed by atoms with Crippen LogP contribution in [-0.4, -0.2) is 40.8 Å². The monoisotopic (exact) mass is 387 g/mol. The topological polar surface area (TPSA) is 66.0 Å². The van der Waals surface area contributed by atoms with E-state index in [9.17, 15) is 4.79 Å². The van der Waals surface area contributed by atoms with Crippen LogP contribution in [0.2, 0.25) is 0 Å². The van der Waals surface area contributed by atoms with Crippen LogP contribution in [0.1, 0.15) is 6.42 Å². The molecule has 8 heteroatoms.